The van der Waals surface area contributed by atoms with E-state index >= 15 is 0 Å². The standard InChI is InChI=1S/C18H21ClN2O/c1-20(2)18(22)17(14-9-5-4-6-10-14)21(3)13-15-11-7-8-12-16(15)19/h4-12,17H,13H2,1-3H3/t17-/m1/s1. The molecule has 0 unspecified atom stereocenters. The van der Waals surface area contributed by atoms with Crippen LogP contribution in [0.25, 0.3) is 0 Å². The predicted octanol–water partition coefficient (Wildman–Crippen LogP) is 3.60. The number of carbonyl (C=O) groups is 1. The van der Waals surface area contributed by atoms with E-state index in [1.807, 2.05) is 66.5 Å². The molecule has 0 fully saturated rings. The molecule has 4 heteroatoms. The Morgan fingerprint density at radius 2 is 1.59 bits per heavy atom. The maximum atomic E-state index is 12.6. The van der Waals surface area contributed by atoms with Gasteiger partial charge < -0.3 is 4.90 Å². The van der Waals surface area contributed by atoms with E-state index in [1.165, 1.54) is 0 Å². The molecule has 0 saturated heterocycles. The quantitative estimate of drug-likeness (QED) is 0.841. The van der Waals surface area contributed by atoms with Gasteiger partial charge in [0.1, 0.15) is 6.04 Å². The molecule has 0 aliphatic heterocycles. The van der Waals surface area contributed by atoms with Crippen LogP contribution in [0.4, 0.5) is 0 Å². The van der Waals surface area contributed by atoms with Crippen molar-refractivity contribution in [3.8, 4) is 0 Å². The Labute approximate surface area is 137 Å². The van der Waals surface area contributed by atoms with Crippen LogP contribution in [0.3, 0.4) is 0 Å². The van der Waals surface area contributed by atoms with E-state index in [-0.39, 0.29) is 11.9 Å². The molecule has 1 amide bonds. The SMILES string of the molecule is CN(C)C(=O)[C@@H](c1ccccc1)N(C)Cc1ccccc1Cl. The Morgan fingerprint density at radius 1 is 1.00 bits per heavy atom. The van der Waals surface area contributed by atoms with Crippen molar-refractivity contribution in [2.45, 2.75) is 12.6 Å². The van der Waals surface area contributed by atoms with Crippen molar-refractivity contribution in [3.05, 3.63) is 70.7 Å². The number of likely N-dealkylation sites (N-methyl/N-ethyl adjacent to an activating group) is 2. The number of nitrogens with zero attached hydrogens (tertiary/aromatic N) is 2. The van der Waals surface area contributed by atoms with Gasteiger partial charge in [0, 0.05) is 25.7 Å². The molecule has 0 spiro atoms. The zero-order valence-electron chi connectivity index (χ0n) is 13.2. The number of hydrogen-bond acceptors (Lipinski definition) is 2. The lowest BCUT2D eigenvalue weighted by molar-refractivity contribution is -0.134. The molecule has 0 aliphatic rings. The zero-order chi connectivity index (χ0) is 16.1. The predicted molar refractivity (Wildman–Crippen MR) is 90.8 cm³/mol. The van der Waals surface area contributed by atoms with Crippen molar-refractivity contribution >= 4 is 17.5 Å². The summed E-state index contributed by atoms with van der Waals surface area (Å²) in [6, 6.07) is 17.2. The van der Waals surface area contributed by atoms with Crippen LogP contribution in [-0.4, -0.2) is 36.9 Å². The Morgan fingerprint density at radius 3 is 2.18 bits per heavy atom. The average molecular weight is 317 g/mol. The molecule has 22 heavy (non-hydrogen) atoms. The van der Waals surface area contributed by atoms with Crippen molar-refractivity contribution in [2.24, 2.45) is 0 Å². The van der Waals surface area contributed by atoms with E-state index in [1.54, 1.807) is 19.0 Å². The van der Waals surface area contributed by atoms with Gasteiger partial charge in [-0.15, -0.1) is 0 Å². The van der Waals surface area contributed by atoms with Gasteiger partial charge >= 0.3 is 0 Å². The third kappa shape index (κ3) is 3.87. The third-order valence-electron chi connectivity index (χ3n) is 3.61. The lowest BCUT2D eigenvalue weighted by atomic mass is 10.0. The van der Waals surface area contributed by atoms with Crippen LogP contribution in [0, 0.1) is 0 Å². The maximum absolute atomic E-state index is 12.6. The summed E-state index contributed by atoms with van der Waals surface area (Å²) >= 11 is 6.24. The van der Waals surface area contributed by atoms with Gasteiger partial charge in [-0.3, -0.25) is 9.69 Å². The van der Waals surface area contributed by atoms with Crippen LogP contribution in [-0.2, 0) is 11.3 Å². The van der Waals surface area contributed by atoms with Crippen molar-refractivity contribution < 1.29 is 4.79 Å². The summed E-state index contributed by atoms with van der Waals surface area (Å²) in [6.45, 7) is 0.610. The van der Waals surface area contributed by atoms with E-state index < -0.39 is 0 Å². The van der Waals surface area contributed by atoms with Crippen molar-refractivity contribution in [3.63, 3.8) is 0 Å². The maximum Gasteiger partial charge on any atom is 0.244 e. The van der Waals surface area contributed by atoms with Gasteiger partial charge in [-0.1, -0.05) is 60.1 Å². The molecule has 116 valence electrons. The summed E-state index contributed by atoms with van der Waals surface area (Å²) in [5, 5.41) is 0.721. The highest BCUT2D eigenvalue weighted by Crippen LogP contribution is 2.25. The first kappa shape index (κ1) is 16.5. The highest BCUT2D eigenvalue weighted by Gasteiger charge is 2.26. The van der Waals surface area contributed by atoms with Gasteiger partial charge in [-0.25, -0.2) is 0 Å². The van der Waals surface area contributed by atoms with Crippen LogP contribution >= 0.6 is 11.6 Å². The number of halogens is 1. The molecule has 1 atom stereocenters. The topological polar surface area (TPSA) is 23.6 Å². The summed E-state index contributed by atoms with van der Waals surface area (Å²) in [5.74, 6) is 0.0563. The number of amides is 1. The Hall–Kier alpha value is -1.84. The zero-order valence-corrected chi connectivity index (χ0v) is 13.9. The van der Waals surface area contributed by atoms with Crippen LogP contribution in [0.2, 0.25) is 5.02 Å². The molecule has 2 aromatic carbocycles. The van der Waals surface area contributed by atoms with Crippen LogP contribution < -0.4 is 0 Å². The molecule has 0 bridgehead atoms. The van der Waals surface area contributed by atoms with E-state index in [0.717, 1.165) is 16.1 Å². The summed E-state index contributed by atoms with van der Waals surface area (Å²) in [4.78, 5) is 16.3. The van der Waals surface area contributed by atoms with Crippen LogP contribution in [0.15, 0.2) is 54.6 Å². The largest absolute Gasteiger partial charge is 0.347 e. The number of carbonyl (C=O) groups excluding carboxylic acids is 1. The molecular weight excluding hydrogens is 296 g/mol. The number of hydrogen-bond donors (Lipinski definition) is 0. The first-order chi connectivity index (χ1) is 10.5. The molecule has 2 rings (SSSR count). The summed E-state index contributed by atoms with van der Waals surface area (Å²) in [5.41, 5.74) is 2.00. The molecule has 0 saturated carbocycles. The highest BCUT2D eigenvalue weighted by molar-refractivity contribution is 6.31. The second-order valence-electron chi connectivity index (χ2n) is 5.55. The van der Waals surface area contributed by atoms with Gasteiger partial charge in [0.2, 0.25) is 5.91 Å². The normalized spacial score (nSPS) is 12.2. The van der Waals surface area contributed by atoms with Crippen LogP contribution in [0.5, 0.6) is 0 Å². The summed E-state index contributed by atoms with van der Waals surface area (Å²) < 4.78 is 0. The average Bonchev–Trinajstić information content (AvgIpc) is 2.50. The second-order valence-corrected chi connectivity index (χ2v) is 5.96. The number of benzene rings is 2. The minimum atomic E-state index is -0.326. The van der Waals surface area contributed by atoms with Gasteiger partial charge in [-0.05, 0) is 24.2 Å². The Bertz CT molecular complexity index is 628. The molecule has 0 heterocycles. The molecule has 2 aromatic rings. The molecular formula is C18H21ClN2O. The van der Waals surface area contributed by atoms with Gasteiger partial charge in [0.15, 0.2) is 0 Å². The number of rotatable bonds is 5. The first-order valence-corrected chi connectivity index (χ1v) is 7.58. The minimum absolute atomic E-state index is 0.0563. The highest BCUT2D eigenvalue weighted by atomic mass is 35.5. The van der Waals surface area contributed by atoms with Gasteiger partial charge in [-0.2, -0.15) is 0 Å². The molecule has 0 aliphatic carbocycles. The smallest absolute Gasteiger partial charge is 0.244 e. The third-order valence-corrected chi connectivity index (χ3v) is 3.98. The van der Waals surface area contributed by atoms with Crippen LogP contribution in [0.1, 0.15) is 17.2 Å². The van der Waals surface area contributed by atoms with Gasteiger partial charge in [0.05, 0.1) is 0 Å². The minimum Gasteiger partial charge on any atom is -0.347 e. The lowest BCUT2D eigenvalue weighted by Gasteiger charge is -2.30. The fourth-order valence-electron chi connectivity index (χ4n) is 2.45. The Balaban J connectivity index is 2.29. The van der Waals surface area contributed by atoms with Crippen molar-refractivity contribution in [1.29, 1.82) is 0 Å². The van der Waals surface area contributed by atoms with Crippen molar-refractivity contribution in [2.75, 3.05) is 21.1 Å². The summed E-state index contributed by atoms with van der Waals surface area (Å²) in [7, 11) is 5.51. The fourth-order valence-corrected chi connectivity index (χ4v) is 2.65. The monoisotopic (exact) mass is 316 g/mol. The second kappa shape index (κ2) is 7.43. The van der Waals surface area contributed by atoms with E-state index in [9.17, 15) is 4.79 Å². The summed E-state index contributed by atoms with van der Waals surface area (Å²) in [6.07, 6.45) is 0. The molecule has 0 aromatic heterocycles. The Kier molecular flexibility index (Phi) is 5.58. The fraction of sp³-hybridized carbons (Fsp3) is 0.278. The lowest BCUT2D eigenvalue weighted by Crippen LogP contribution is -2.37. The molecule has 0 radical (unpaired) electrons. The van der Waals surface area contributed by atoms with E-state index in [0.29, 0.717) is 6.54 Å². The van der Waals surface area contributed by atoms with E-state index in [2.05, 4.69) is 0 Å². The van der Waals surface area contributed by atoms with Gasteiger partial charge in [0.25, 0.3) is 0 Å². The molecule has 3 nitrogen and oxygen atoms in total. The molecule has 0 N–H and O–H groups in total. The first-order valence-electron chi connectivity index (χ1n) is 7.20. The van der Waals surface area contributed by atoms with Crippen molar-refractivity contribution in [1.82, 2.24) is 9.80 Å². The van der Waals surface area contributed by atoms with E-state index in [4.69, 9.17) is 11.6 Å².